The molecule has 1 aromatic carbocycles. The molecule has 0 bridgehead atoms. The second kappa shape index (κ2) is 4.50. The fraction of sp³-hybridized carbons (Fsp3) is 0.214. The molecule has 0 atom stereocenters. The van der Waals surface area contributed by atoms with Gasteiger partial charge in [0.2, 0.25) is 6.79 Å². The molecule has 0 aromatic heterocycles. The predicted octanol–water partition coefficient (Wildman–Crippen LogP) is 2.16. The molecular weight excluding hydrogens is 214 g/mol. The SMILES string of the molecule is C1=CC=CC=1CNCc1ccc2c(c1)OCO2. The van der Waals surface area contributed by atoms with Crippen molar-refractivity contribution in [2.45, 2.75) is 6.54 Å². The summed E-state index contributed by atoms with van der Waals surface area (Å²) in [5.41, 5.74) is 5.54. The summed E-state index contributed by atoms with van der Waals surface area (Å²) in [4.78, 5) is 0. The third-order valence-electron chi connectivity index (χ3n) is 2.74. The number of benzene rings is 1. The summed E-state index contributed by atoms with van der Waals surface area (Å²) in [6.45, 7) is 1.98. The second-order valence-corrected chi connectivity index (χ2v) is 3.99. The van der Waals surface area contributed by atoms with Gasteiger partial charge < -0.3 is 14.8 Å². The maximum absolute atomic E-state index is 5.34. The molecule has 1 N–H and O–H groups in total. The minimum Gasteiger partial charge on any atom is -0.454 e. The van der Waals surface area contributed by atoms with Crippen LogP contribution in [0.4, 0.5) is 0 Å². The molecule has 0 radical (unpaired) electrons. The van der Waals surface area contributed by atoms with Crippen LogP contribution < -0.4 is 14.8 Å². The van der Waals surface area contributed by atoms with Crippen LogP contribution in [0.15, 0.2) is 47.7 Å². The van der Waals surface area contributed by atoms with Gasteiger partial charge in [0.1, 0.15) is 0 Å². The highest BCUT2D eigenvalue weighted by Gasteiger charge is 2.12. The number of hydrogen-bond donors (Lipinski definition) is 1. The van der Waals surface area contributed by atoms with Crippen molar-refractivity contribution in [1.29, 1.82) is 0 Å². The van der Waals surface area contributed by atoms with E-state index in [-0.39, 0.29) is 0 Å². The lowest BCUT2D eigenvalue weighted by Crippen LogP contribution is -2.15. The molecule has 0 unspecified atom stereocenters. The molecule has 1 aromatic rings. The van der Waals surface area contributed by atoms with Gasteiger partial charge in [-0.25, -0.2) is 0 Å². The van der Waals surface area contributed by atoms with Gasteiger partial charge in [0.15, 0.2) is 11.5 Å². The molecule has 1 heterocycles. The van der Waals surface area contributed by atoms with Crippen LogP contribution in [0.5, 0.6) is 11.5 Å². The van der Waals surface area contributed by atoms with E-state index in [0.29, 0.717) is 6.79 Å². The summed E-state index contributed by atoms with van der Waals surface area (Å²) in [7, 11) is 0. The number of allylic oxidation sites excluding steroid dienone is 1. The topological polar surface area (TPSA) is 30.5 Å². The molecule has 1 aliphatic carbocycles. The monoisotopic (exact) mass is 227 g/mol. The average molecular weight is 227 g/mol. The van der Waals surface area contributed by atoms with Gasteiger partial charge in [-0.1, -0.05) is 12.1 Å². The lowest BCUT2D eigenvalue weighted by atomic mass is 10.2. The largest absolute Gasteiger partial charge is 0.454 e. The molecule has 1 aliphatic heterocycles. The van der Waals surface area contributed by atoms with Crippen molar-refractivity contribution in [3.8, 4) is 11.5 Å². The summed E-state index contributed by atoms with van der Waals surface area (Å²) >= 11 is 0. The van der Waals surface area contributed by atoms with Crippen LogP contribution in [0.3, 0.4) is 0 Å². The lowest BCUT2D eigenvalue weighted by molar-refractivity contribution is 0.174. The maximum atomic E-state index is 5.34. The summed E-state index contributed by atoms with van der Waals surface area (Å²) in [5, 5.41) is 3.37. The van der Waals surface area contributed by atoms with Gasteiger partial charge in [-0.2, -0.15) is 0 Å². The number of ether oxygens (including phenoxy) is 2. The second-order valence-electron chi connectivity index (χ2n) is 3.99. The fourth-order valence-corrected chi connectivity index (χ4v) is 1.87. The Morgan fingerprint density at radius 2 is 2.12 bits per heavy atom. The molecule has 0 amide bonds. The Kier molecular flexibility index (Phi) is 2.70. The standard InChI is InChI=1S/C14H13NO2/c1-2-4-11(3-1)8-15-9-12-5-6-13-14(7-12)17-10-16-13/h1-3,5-7,15H,8-10H2. The molecule has 0 saturated heterocycles. The molecule has 0 saturated carbocycles. The Labute approximate surface area is 100 Å². The van der Waals surface area contributed by atoms with Gasteiger partial charge in [0.25, 0.3) is 0 Å². The van der Waals surface area contributed by atoms with E-state index in [4.69, 9.17) is 9.47 Å². The van der Waals surface area contributed by atoms with Crippen LogP contribution in [0.1, 0.15) is 5.56 Å². The van der Waals surface area contributed by atoms with Crippen LogP contribution in [-0.2, 0) is 6.54 Å². The molecule has 2 aliphatic rings. The van der Waals surface area contributed by atoms with Crippen LogP contribution in [-0.4, -0.2) is 13.3 Å². The van der Waals surface area contributed by atoms with Crippen molar-refractivity contribution in [1.82, 2.24) is 5.32 Å². The Hall–Kier alpha value is -1.96. The van der Waals surface area contributed by atoms with Gasteiger partial charge in [0.05, 0.1) is 0 Å². The Balaban J connectivity index is 1.58. The van der Waals surface area contributed by atoms with Crippen molar-refractivity contribution in [2.75, 3.05) is 13.3 Å². The van der Waals surface area contributed by atoms with E-state index < -0.39 is 0 Å². The number of rotatable bonds is 4. The van der Waals surface area contributed by atoms with E-state index in [2.05, 4.69) is 23.2 Å². The molecule has 17 heavy (non-hydrogen) atoms. The first kappa shape index (κ1) is 10.2. The van der Waals surface area contributed by atoms with Gasteiger partial charge in [-0.3, -0.25) is 0 Å². The van der Waals surface area contributed by atoms with Crippen molar-refractivity contribution in [3.05, 3.63) is 53.3 Å². The quantitative estimate of drug-likeness (QED) is 0.799. The smallest absolute Gasteiger partial charge is 0.231 e. The fourth-order valence-electron chi connectivity index (χ4n) is 1.87. The Morgan fingerprint density at radius 1 is 1.18 bits per heavy atom. The minimum absolute atomic E-state index is 0.328. The van der Waals surface area contributed by atoms with Gasteiger partial charge in [-0.15, -0.1) is 5.73 Å². The zero-order valence-corrected chi connectivity index (χ0v) is 9.40. The van der Waals surface area contributed by atoms with Crippen molar-refractivity contribution >= 4 is 0 Å². The highest BCUT2D eigenvalue weighted by atomic mass is 16.7. The van der Waals surface area contributed by atoms with Crippen LogP contribution >= 0.6 is 0 Å². The third-order valence-corrected chi connectivity index (χ3v) is 2.74. The average Bonchev–Trinajstić information content (AvgIpc) is 2.98. The number of nitrogens with one attached hydrogen (secondary N) is 1. The van der Waals surface area contributed by atoms with E-state index in [1.807, 2.05) is 24.3 Å². The van der Waals surface area contributed by atoms with E-state index in [9.17, 15) is 0 Å². The molecule has 0 fully saturated rings. The van der Waals surface area contributed by atoms with Crippen LogP contribution in [0, 0.1) is 0 Å². The highest BCUT2D eigenvalue weighted by molar-refractivity contribution is 5.44. The number of hydrogen-bond acceptors (Lipinski definition) is 3. The van der Waals surface area contributed by atoms with E-state index in [1.165, 1.54) is 11.1 Å². The first-order chi connectivity index (χ1) is 8.42. The predicted molar refractivity (Wildman–Crippen MR) is 65.0 cm³/mol. The number of fused-ring (bicyclic) bond motifs is 1. The molecule has 3 rings (SSSR count). The minimum atomic E-state index is 0.328. The zero-order valence-electron chi connectivity index (χ0n) is 9.40. The summed E-state index contributed by atoms with van der Waals surface area (Å²) < 4.78 is 10.6. The van der Waals surface area contributed by atoms with Crippen LogP contribution in [0.2, 0.25) is 0 Å². The maximum Gasteiger partial charge on any atom is 0.231 e. The van der Waals surface area contributed by atoms with Crippen molar-refractivity contribution in [2.24, 2.45) is 0 Å². The normalized spacial score (nSPS) is 15.4. The molecule has 3 nitrogen and oxygen atoms in total. The molecular formula is C14H13NO2. The molecule has 3 heteroatoms. The zero-order chi connectivity index (χ0) is 11.5. The molecule has 86 valence electrons. The van der Waals surface area contributed by atoms with Crippen LogP contribution in [0.25, 0.3) is 0 Å². The summed E-state index contributed by atoms with van der Waals surface area (Å²) in [6, 6.07) is 6.02. The first-order valence-electron chi connectivity index (χ1n) is 5.63. The summed E-state index contributed by atoms with van der Waals surface area (Å²) in [6.07, 6.45) is 5.99. The van der Waals surface area contributed by atoms with Crippen molar-refractivity contribution in [3.63, 3.8) is 0 Å². The third kappa shape index (κ3) is 2.26. The van der Waals surface area contributed by atoms with Gasteiger partial charge in [-0.05, 0) is 29.8 Å². The lowest BCUT2D eigenvalue weighted by Gasteiger charge is -2.05. The first-order valence-corrected chi connectivity index (χ1v) is 5.63. The van der Waals surface area contributed by atoms with Gasteiger partial charge >= 0.3 is 0 Å². The Morgan fingerprint density at radius 3 is 3.00 bits per heavy atom. The van der Waals surface area contributed by atoms with E-state index >= 15 is 0 Å². The Bertz CT molecular complexity index is 525. The van der Waals surface area contributed by atoms with E-state index in [0.717, 1.165) is 24.6 Å². The highest BCUT2D eigenvalue weighted by Crippen LogP contribution is 2.32. The van der Waals surface area contributed by atoms with Crippen molar-refractivity contribution < 1.29 is 9.47 Å². The van der Waals surface area contributed by atoms with Gasteiger partial charge in [0, 0.05) is 18.7 Å². The summed E-state index contributed by atoms with van der Waals surface area (Å²) in [5.74, 6) is 1.67. The van der Waals surface area contributed by atoms with E-state index in [1.54, 1.807) is 0 Å². The molecule has 0 spiro atoms.